The molecule has 24 heavy (non-hydrogen) atoms. The van der Waals surface area contributed by atoms with E-state index in [4.69, 9.17) is 0 Å². The summed E-state index contributed by atoms with van der Waals surface area (Å²) < 4.78 is 0. The fourth-order valence-electron chi connectivity index (χ4n) is 2.61. The molecule has 0 atom stereocenters. The van der Waals surface area contributed by atoms with Gasteiger partial charge in [-0.2, -0.15) is 0 Å². The van der Waals surface area contributed by atoms with Crippen molar-refractivity contribution in [2.45, 2.75) is 13.3 Å². The predicted octanol–water partition coefficient (Wildman–Crippen LogP) is 3.73. The lowest BCUT2D eigenvalue weighted by atomic mass is 10.1. The molecule has 5 heteroatoms. The van der Waals surface area contributed by atoms with E-state index in [9.17, 15) is 9.59 Å². The Morgan fingerprint density at radius 1 is 1.04 bits per heavy atom. The number of urea groups is 1. The van der Waals surface area contributed by atoms with Gasteiger partial charge in [0.2, 0.25) is 0 Å². The predicted molar refractivity (Wildman–Crippen MR) is 95.5 cm³/mol. The second-order valence-electron chi connectivity index (χ2n) is 5.62. The molecule has 5 nitrogen and oxygen atoms in total. The molecule has 0 unspecified atom stereocenters. The molecule has 3 rings (SSSR count). The summed E-state index contributed by atoms with van der Waals surface area (Å²) in [7, 11) is 0. The zero-order valence-corrected chi connectivity index (χ0v) is 13.4. The van der Waals surface area contributed by atoms with Crippen LogP contribution in [0.5, 0.6) is 0 Å². The molecule has 3 aromatic rings. The molecule has 0 radical (unpaired) electrons. The summed E-state index contributed by atoms with van der Waals surface area (Å²) in [6.45, 7) is 2.05. The monoisotopic (exact) mass is 321 g/mol. The average Bonchev–Trinajstić information content (AvgIpc) is 2.99. The van der Waals surface area contributed by atoms with Crippen LogP contribution in [0.3, 0.4) is 0 Å². The van der Waals surface area contributed by atoms with E-state index in [0.717, 1.165) is 11.9 Å². The number of amides is 2. The van der Waals surface area contributed by atoms with Gasteiger partial charge in [-0.25, -0.2) is 4.79 Å². The summed E-state index contributed by atoms with van der Waals surface area (Å²) in [4.78, 5) is 26.4. The Morgan fingerprint density at radius 3 is 2.54 bits per heavy atom. The van der Waals surface area contributed by atoms with Gasteiger partial charge in [0, 0.05) is 34.9 Å². The van der Waals surface area contributed by atoms with E-state index in [1.807, 2.05) is 24.4 Å². The number of hydrogen-bond donors (Lipinski definition) is 3. The second kappa shape index (κ2) is 7.00. The number of aromatic amines is 1. The second-order valence-corrected chi connectivity index (χ2v) is 5.62. The van der Waals surface area contributed by atoms with Gasteiger partial charge in [0.1, 0.15) is 0 Å². The fraction of sp³-hybridized carbons (Fsp3) is 0.158. The van der Waals surface area contributed by atoms with Crippen LogP contribution >= 0.6 is 0 Å². The van der Waals surface area contributed by atoms with Crippen molar-refractivity contribution in [1.29, 1.82) is 0 Å². The molecular formula is C19H19N3O2. The molecule has 2 amide bonds. The van der Waals surface area contributed by atoms with Gasteiger partial charge in [-0.3, -0.25) is 4.79 Å². The number of ketones is 1. The molecule has 0 aliphatic carbocycles. The van der Waals surface area contributed by atoms with Gasteiger partial charge >= 0.3 is 6.03 Å². The fourth-order valence-corrected chi connectivity index (χ4v) is 2.61. The minimum absolute atomic E-state index is 0.00438. The third-order valence-electron chi connectivity index (χ3n) is 3.90. The van der Waals surface area contributed by atoms with Crippen molar-refractivity contribution in [3.63, 3.8) is 0 Å². The highest BCUT2D eigenvalue weighted by atomic mass is 16.2. The first-order valence-corrected chi connectivity index (χ1v) is 7.84. The third kappa shape index (κ3) is 3.63. The van der Waals surface area contributed by atoms with E-state index in [0.29, 0.717) is 17.8 Å². The first-order chi connectivity index (χ1) is 11.6. The Labute approximate surface area is 140 Å². The number of benzene rings is 2. The maximum atomic E-state index is 11.9. The Balaban J connectivity index is 1.51. The summed E-state index contributed by atoms with van der Waals surface area (Å²) in [5.74, 6) is 0.00438. The van der Waals surface area contributed by atoms with E-state index < -0.39 is 0 Å². The molecule has 0 fully saturated rings. The highest BCUT2D eigenvalue weighted by molar-refractivity contribution is 5.95. The summed E-state index contributed by atoms with van der Waals surface area (Å²) in [5, 5.41) is 6.78. The number of para-hydroxylation sites is 1. The smallest absolute Gasteiger partial charge is 0.319 e. The number of carbonyl (C=O) groups excluding carboxylic acids is 2. The van der Waals surface area contributed by atoms with Crippen LogP contribution in [0.15, 0.2) is 54.7 Å². The highest BCUT2D eigenvalue weighted by Crippen LogP contribution is 2.17. The van der Waals surface area contributed by atoms with Crippen LogP contribution in [-0.2, 0) is 6.42 Å². The van der Waals surface area contributed by atoms with Crippen LogP contribution in [0.25, 0.3) is 10.9 Å². The normalized spacial score (nSPS) is 10.5. The van der Waals surface area contributed by atoms with Crippen molar-refractivity contribution in [3.8, 4) is 0 Å². The van der Waals surface area contributed by atoms with Gasteiger partial charge in [-0.15, -0.1) is 0 Å². The Hall–Kier alpha value is -3.08. The molecule has 0 aliphatic heterocycles. The Kier molecular flexibility index (Phi) is 4.61. The number of carbonyl (C=O) groups is 2. The molecule has 0 aliphatic rings. The molecule has 122 valence electrons. The molecule has 0 saturated carbocycles. The zero-order chi connectivity index (χ0) is 16.9. The Morgan fingerprint density at radius 2 is 1.79 bits per heavy atom. The zero-order valence-electron chi connectivity index (χ0n) is 13.4. The van der Waals surface area contributed by atoms with Crippen LogP contribution < -0.4 is 10.6 Å². The van der Waals surface area contributed by atoms with Gasteiger partial charge in [0.25, 0.3) is 0 Å². The third-order valence-corrected chi connectivity index (χ3v) is 3.90. The summed E-state index contributed by atoms with van der Waals surface area (Å²) in [5.41, 5.74) is 3.56. The SMILES string of the molecule is CC(=O)c1ccc(NC(=O)NCCc2c[nH]c3ccccc23)cc1. The van der Waals surface area contributed by atoms with E-state index in [-0.39, 0.29) is 11.8 Å². The maximum Gasteiger partial charge on any atom is 0.319 e. The maximum absolute atomic E-state index is 11.9. The summed E-state index contributed by atoms with van der Waals surface area (Å²) in [6, 6.07) is 14.7. The number of H-pyrrole nitrogens is 1. The summed E-state index contributed by atoms with van der Waals surface area (Å²) >= 11 is 0. The van der Waals surface area contributed by atoms with E-state index >= 15 is 0 Å². The van der Waals surface area contributed by atoms with Crippen LogP contribution in [0, 0.1) is 0 Å². The van der Waals surface area contributed by atoms with E-state index in [2.05, 4.69) is 21.7 Å². The molecule has 1 aromatic heterocycles. The average molecular weight is 321 g/mol. The molecule has 0 spiro atoms. The molecular weight excluding hydrogens is 302 g/mol. The number of Topliss-reactive ketones (excluding diaryl/α,β-unsaturated/α-hetero) is 1. The molecule has 0 bridgehead atoms. The van der Waals surface area contributed by atoms with E-state index in [1.54, 1.807) is 24.3 Å². The van der Waals surface area contributed by atoms with Gasteiger partial charge in [-0.05, 0) is 49.2 Å². The summed E-state index contributed by atoms with van der Waals surface area (Å²) in [6.07, 6.45) is 2.73. The minimum Gasteiger partial charge on any atom is -0.361 e. The first-order valence-electron chi connectivity index (χ1n) is 7.84. The van der Waals surface area contributed by atoms with Crippen LogP contribution in [-0.4, -0.2) is 23.3 Å². The molecule has 1 heterocycles. The molecule has 0 saturated heterocycles. The lowest BCUT2D eigenvalue weighted by Crippen LogP contribution is -2.30. The van der Waals surface area contributed by atoms with Crippen LogP contribution in [0.2, 0.25) is 0 Å². The van der Waals surface area contributed by atoms with Crippen molar-refractivity contribution >= 4 is 28.4 Å². The number of fused-ring (bicyclic) bond motifs is 1. The van der Waals surface area contributed by atoms with Crippen LogP contribution in [0.4, 0.5) is 10.5 Å². The van der Waals surface area contributed by atoms with Crippen molar-refractivity contribution in [3.05, 3.63) is 65.9 Å². The number of anilines is 1. The number of aromatic nitrogens is 1. The number of nitrogens with one attached hydrogen (secondary N) is 3. The lowest BCUT2D eigenvalue weighted by Gasteiger charge is -2.08. The lowest BCUT2D eigenvalue weighted by molar-refractivity contribution is 0.101. The van der Waals surface area contributed by atoms with E-state index in [1.165, 1.54) is 17.9 Å². The standard InChI is InChI=1S/C19H19N3O2/c1-13(23)14-6-8-16(9-7-14)22-19(24)20-11-10-15-12-21-18-5-3-2-4-17(15)18/h2-9,12,21H,10-11H2,1H3,(H2,20,22,24). The van der Waals surface area contributed by atoms with Crippen molar-refractivity contribution in [2.75, 3.05) is 11.9 Å². The van der Waals surface area contributed by atoms with Crippen molar-refractivity contribution in [2.24, 2.45) is 0 Å². The van der Waals surface area contributed by atoms with Gasteiger partial charge in [-0.1, -0.05) is 18.2 Å². The molecule has 3 N–H and O–H groups in total. The van der Waals surface area contributed by atoms with Gasteiger partial charge in [0.05, 0.1) is 0 Å². The number of hydrogen-bond acceptors (Lipinski definition) is 2. The van der Waals surface area contributed by atoms with Crippen molar-refractivity contribution in [1.82, 2.24) is 10.3 Å². The van der Waals surface area contributed by atoms with Gasteiger partial charge in [0.15, 0.2) is 5.78 Å². The molecule has 2 aromatic carbocycles. The first kappa shape index (κ1) is 15.8. The largest absolute Gasteiger partial charge is 0.361 e. The van der Waals surface area contributed by atoms with Crippen molar-refractivity contribution < 1.29 is 9.59 Å². The van der Waals surface area contributed by atoms with Crippen LogP contribution in [0.1, 0.15) is 22.8 Å². The topological polar surface area (TPSA) is 74.0 Å². The Bertz CT molecular complexity index is 866. The number of rotatable bonds is 5. The minimum atomic E-state index is -0.259. The highest BCUT2D eigenvalue weighted by Gasteiger charge is 2.05. The quantitative estimate of drug-likeness (QED) is 0.626. The van der Waals surface area contributed by atoms with Gasteiger partial charge < -0.3 is 15.6 Å².